The summed E-state index contributed by atoms with van der Waals surface area (Å²) < 4.78 is 23.5. The first-order valence-electron chi connectivity index (χ1n) is 4.22. The lowest BCUT2D eigenvalue weighted by Crippen LogP contribution is -2.25. The molecule has 0 fully saturated rings. The molecular weight excluding hydrogens is 200 g/mol. The highest BCUT2D eigenvalue weighted by molar-refractivity contribution is 7.88. The van der Waals surface area contributed by atoms with Gasteiger partial charge in [0.15, 0.2) is 0 Å². The van der Waals surface area contributed by atoms with Crippen molar-refractivity contribution < 1.29 is 8.42 Å². The van der Waals surface area contributed by atoms with Crippen molar-refractivity contribution in [1.29, 1.82) is 0 Å². The summed E-state index contributed by atoms with van der Waals surface area (Å²) in [5.41, 5.74) is 1.82. The van der Waals surface area contributed by atoms with Crippen LogP contribution in [0.25, 0.3) is 0 Å². The van der Waals surface area contributed by atoms with Crippen LogP contribution in [0, 0.1) is 6.92 Å². The average Bonchev–Trinajstić information content (AvgIpc) is 2.07. The summed E-state index contributed by atoms with van der Waals surface area (Å²) >= 11 is 0. The zero-order valence-corrected chi connectivity index (χ0v) is 9.37. The third kappa shape index (κ3) is 3.08. The fourth-order valence-electron chi connectivity index (χ4n) is 0.937. The Morgan fingerprint density at radius 2 is 2.07 bits per heavy atom. The molecule has 1 aromatic heterocycles. The van der Waals surface area contributed by atoms with E-state index in [1.807, 2.05) is 19.1 Å². The minimum atomic E-state index is -3.12. The standard InChI is InChI=1S/C9H14N2O2S/c1-8-4-5-9(10-6-8)7-11(2)14(3,12)13/h4-6H,7H2,1-3H3. The molecule has 0 amide bonds. The van der Waals surface area contributed by atoms with Gasteiger partial charge in [-0.15, -0.1) is 0 Å². The van der Waals surface area contributed by atoms with E-state index in [9.17, 15) is 8.42 Å². The van der Waals surface area contributed by atoms with Crippen molar-refractivity contribution in [2.75, 3.05) is 13.3 Å². The summed E-state index contributed by atoms with van der Waals surface area (Å²) in [6, 6.07) is 3.75. The van der Waals surface area contributed by atoms with Crippen LogP contribution in [0.5, 0.6) is 0 Å². The topological polar surface area (TPSA) is 50.3 Å². The Balaban J connectivity index is 2.75. The monoisotopic (exact) mass is 214 g/mol. The predicted octanol–water partition coefficient (Wildman–Crippen LogP) is 0.781. The molecule has 0 atom stereocenters. The second-order valence-corrected chi connectivity index (χ2v) is 5.44. The molecule has 0 saturated carbocycles. The fraction of sp³-hybridized carbons (Fsp3) is 0.444. The first-order valence-corrected chi connectivity index (χ1v) is 6.07. The highest BCUT2D eigenvalue weighted by atomic mass is 32.2. The Morgan fingerprint density at radius 1 is 1.43 bits per heavy atom. The molecule has 4 nitrogen and oxygen atoms in total. The van der Waals surface area contributed by atoms with Crippen molar-refractivity contribution >= 4 is 10.0 Å². The molecule has 78 valence electrons. The number of hydrogen-bond donors (Lipinski definition) is 0. The lowest BCUT2D eigenvalue weighted by atomic mass is 10.3. The molecule has 0 saturated heterocycles. The predicted molar refractivity (Wildman–Crippen MR) is 55.3 cm³/mol. The van der Waals surface area contributed by atoms with Gasteiger partial charge in [0.05, 0.1) is 18.5 Å². The van der Waals surface area contributed by atoms with E-state index in [1.54, 1.807) is 6.20 Å². The molecule has 5 heteroatoms. The van der Waals surface area contributed by atoms with E-state index in [4.69, 9.17) is 0 Å². The first kappa shape index (κ1) is 11.1. The van der Waals surface area contributed by atoms with Gasteiger partial charge in [-0.1, -0.05) is 6.07 Å². The smallest absolute Gasteiger partial charge is 0.211 e. The van der Waals surface area contributed by atoms with Crippen molar-refractivity contribution in [2.24, 2.45) is 0 Å². The van der Waals surface area contributed by atoms with Crippen LogP contribution >= 0.6 is 0 Å². The minimum Gasteiger partial charge on any atom is -0.260 e. The van der Waals surface area contributed by atoms with Crippen LogP contribution in [0.15, 0.2) is 18.3 Å². The number of nitrogens with zero attached hydrogens (tertiary/aromatic N) is 2. The van der Waals surface area contributed by atoms with Crippen LogP contribution in [0.3, 0.4) is 0 Å². The second-order valence-electron chi connectivity index (χ2n) is 3.35. The zero-order valence-electron chi connectivity index (χ0n) is 8.56. The SMILES string of the molecule is Cc1ccc(CN(C)S(C)(=O)=O)nc1. The second kappa shape index (κ2) is 4.06. The summed E-state index contributed by atoms with van der Waals surface area (Å²) in [5.74, 6) is 0. The lowest BCUT2D eigenvalue weighted by Gasteiger charge is -2.12. The van der Waals surface area contributed by atoms with Gasteiger partial charge in [-0.3, -0.25) is 4.98 Å². The van der Waals surface area contributed by atoms with Gasteiger partial charge in [0, 0.05) is 13.2 Å². The Morgan fingerprint density at radius 3 is 2.50 bits per heavy atom. The summed E-state index contributed by atoms with van der Waals surface area (Å²) in [5, 5.41) is 0. The van der Waals surface area contributed by atoms with Crippen LogP contribution in [0.2, 0.25) is 0 Å². The van der Waals surface area contributed by atoms with Gasteiger partial charge in [-0.25, -0.2) is 8.42 Å². The zero-order chi connectivity index (χ0) is 10.8. The molecule has 0 N–H and O–H groups in total. The number of pyridine rings is 1. The summed E-state index contributed by atoms with van der Waals surface area (Å²) in [6.07, 6.45) is 2.91. The van der Waals surface area contributed by atoms with Crippen LogP contribution in [-0.4, -0.2) is 31.0 Å². The van der Waals surface area contributed by atoms with Crippen LogP contribution < -0.4 is 0 Å². The number of rotatable bonds is 3. The molecular formula is C9H14N2O2S. The van der Waals surface area contributed by atoms with E-state index >= 15 is 0 Å². The van der Waals surface area contributed by atoms with E-state index in [0.29, 0.717) is 6.54 Å². The van der Waals surface area contributed by atoms with E-state index in [1.165, 1.54) is 17.6 Å². The van der Waals surface area contributed by atoms with Gasteiger partial charge in [0.2, 0.25) is 10.0 Å². The molecule has 0 aromatic carbocycles. The van der Waals surface area contributed by atoms with Gasteiger partial charge in [-0.05, 0) is 18.6 Å². The van der Waals surface area contributed by atoms with Gasteiger partial charge in [0.25, 0.3) is 0 Å². The molecule has 0 radical (unpaired) electrons. The largest absolute Gasteiger partial charge is 0.260 e. The number of hydrogen-bond acceptors (Lipinski definition) is 3. The molecule has 1 rings (SSSR count). The fourth-order valence-corrected chi connectivity index (χ4v) is 1.30. The van der Waals surface area contributed by atoms with Gasteiger partial charge in [0.1, 0.15) is 0 Å². The Kier molecular flexibility index (Phi) is 3.23. The van der Waals surface area contributed by atoms with Crippen molar-refractivity contribution in [3.05, 3.63) is 29.6 Å². The maximum atomic E-state index is 11.1. The molecule has 14 heavy (non-hydrogen) atoms. The van der Waals surface area contributed by atoms with Crippen molar-refractivity contribution in [3.63, 3.8) is 0 Å². The van der Waals surface area contributed by atoms with Crippen molar-refractivity contribution in [3.8, 4) is 0 Å². The van der Waals surface area contributed by atoms with Crippen molar-refractivity contribution in [2.45, 2.75) is 13.5 Å². The third-order valence-corrected chi connectivity index (χ3v) is 3.18. The highest BCUT2D eigenvalue weighted by Crippen LogP contribution is 2.04. The van der Waals surface area contributed by atoms with E-state index in [2.05, 4.69) is 4.98 Å². The molecule has 0 bridgehead atoms. The van der Waals surface area contributed by atoms with Gasteiger partial charge >= 0.3 is 0 Å². The number of aromatic nitrogens is 1. The lowest BCUT2D eigenvalue weighted by molar-refractivity contribution is 0.467. The normalized spacial score (nSPS) is 12.0. The van der Waals surface area contributed by atoms with Gasteiger partial charge in [-0.2, -0.15) is 4.31 Å². The molecule has 0 aliphatic carbocycles. The van der Waals surface area contributed by atoms with Crippen LogP contribution in [-0.2, 0) is 16.6 Å². The number of sulfonamides is 1. The van der Waals surface area contributed by atoms with Crippen LogP contribution in [0.1, 0.15) is 11.3 Å². The first-order chi connectivity index (χ1) is 6.39. The molecule has 0 aliphatic rings. The molecule has 1 heterocycles. The van der Waals surface area contributed by atoms with Crippen LogP contribution in [0.4, 0.5) is 0 Å². The average molecular weight is 214 g/mol. The van der Waals surface area contributed by atoms with E-state index < -0.39 is 10.0 Å². The van der Waals surface area contributed by atoms with Gasteiger partial charge < -0.3 is 0 Å². The summed E-state index contributed by atoms with van der Waals surface area (Å²) in [4.78, 5) is 4.13. The maximum Gasteiger partial charge on any atom is 0.211 e. The maximum absolute atomic E-state index is 11.1. The number of aryl methyl sites for hydroxylation is 1. The van der Waals surface area contributed by atoms with E-state index in [0.717, 1.165) is 11.3 Å². The van der Waals surface area contributed by atoms with Crippen molar-refractivity contribution in [1.82, 2.24) is 9.29 Å². The Bertz CT molecular complexity index is 397. The molecule has 0 unspecified atom stereocenters. The Hall–Kier alpha value is -0.940. The quantitative estimate of drug-likeness (QED) is 0.747. The third-order valence-electron chi connectivity index (χ3n) is 1.92. The summed E-state index contributed by atoms with van der Waals surface area (Å²) in [7, 11) is -1.58. The Labute approximate surface area is 84.6 Å². The van der Waals surface area contributed by atoms with E-state index in [-0.39, 0.29) is 0 Å². The molecule has 1 aromatic rings. The summed E-state index contributed by atoms with van der Waals surface area (Å²) in [6.45, 7) is 2.26. The molecule has 0 aliphatic heterocycles. The highest BCUT2D eigenvalue weighted by Gasteiger charge is 2.11. The minimum absolute atomic E-state index is 0.319. The molecule has 0 spiro atoms.